The average molecular weight is 378 g/mol. The molecule has 1 heterocycles. The molecule has 2 aliphatic rings. The molecule has 1 aromatic carbocycles. The maximum atomic E-state index is 12.1. The molecule has 6 heteroatoms. The van der Waals surface area contributed by atoms with Crippen molar-refractivity contribution in [1.29, 1.82) is 0 Å². The van der Waals surface area contributed by atoms with E-state index >= 15 is 0 Å². The number of amides is 2. The topological polar surface area (TPSA) is 61.4 Å². The van der Waals surface area contributed by atoms with E-state index in [-0.39, 0.29) is 30.3 Å². The molecule has 142 valence electrons. The predicted octanol–water partition coefficient (Wildman–Crippen LogP) is 2.73. The van der Waals surface area contributed by atoms with Crippen molar-refractivity contribution < 1.29 is 9.59 Å². The average Bonchev–Trinajstić information content (AvgIpc) is 3.18. The second-order valence-corrected chi connectivity index (χ2v) is 7.88. The number of nitrogens with zero attached hydrogens (tertiary/aromatic N) is 1. The fourth-order valence-corrected chi connectivity index (χ4v) is 3.99. The maximum absolute atomic E-state index is 12.1. The van der Waals surface area contributed by atoms with Crippen LogP contribution in [0.25, 0.3) is 0 Å². The summed E-state index contributed by atoms with van der Waals surface area (Å²) in [5, 5.41) is 6.61. The fourth-order valence-electron chi connectivity index (χ4n) is 3.86. The summed E-state index contributed by atoms with van der Waals surface area (Å²) in [6, 6.07) is 8.16. The van der Waals surface area contributed by atoms with E-state index in [1.165, 1.54) is 5.56 Å². The largest absolute Gasteiger partial charge is 0.352 e. The van der Waals surface area contributed by atoms with Crippen LogP contribution in [0.3, 0.4) is 0 Å². The number of carbonyl (C=O) groups excluding carboxylic acids is 2. The van der Waals surface area contributed by atoms with Crippen molar-refractivity contribution in [1.82, 2.24) is 15.5 Å². The third-order valence-corrected chi connectivity index (χ3v) is 5.67. The highest BCUT2D eigenvalue weighted by Gasteiger charge is 2.24. The van der Waals surface area contributed by atoms with Gasteiger partial charge in [-0.25, -0.2) is 0 Å². The van der Waals surface area contributed by atoms with Gasteiger partial charge in [0, 0.05) is 36.6 Å². The number of carbonyl (C=O) groups is 2. The van der Waals surface area contributed by atoms with E-state index in [0.717, 1.165) is 63.2 Å². The third-order valence-electron chi connectivity index (χ3n) is 5.42. The van der Waals surface area contributed by atoms with Crippen molar-refractivity contribution in [2.75, 3.05) is 19.6 Å². The minimum atomic E-state index is -0.0764. The Hall–Kier alpha value is -1.59. The molecule has 1 aliphatic heterocycles. The monoisotopic (exact) mass is 377 g/mol. The molecule has 3 rings (SSSR count). The smallest absolute Gasteiger partial charge is 0.239 e. The number of hydrogen-bond acceptors (Lipinski definition) is 3. The summed E-state index contributed by atoms with van der Waals surface area (Å²) in [6.45, 7) is 2.93. The van der Waals surface area contributed by atoms with Crippen LogP contribution in [0, 0.1) is 5.92 Å². The number of hydrogen-bond donors (Lipinski definition) is 2. The predicted molar refractivity (Wildman–Crippen MR) is 103 cm³/mol. The molecule has 0 unspecified atom stereocenters. The summed E-state index contributed by atoms with van der Waals surface area (Å²) >= 11 is 5.92. The van der Waals surface area contributed by atoms with Crippen molar-refractivity contribution in [3.8, 4) is 0 Å². The van der Waals surface area contributed by atoms with Gasteiger partial charge >= 0.3 is 0 Å². The van der Waals surface area contributed by atoms with E-state index in [1.54, 1.807) is 0 Å². The standard InChI is InChI=1S/C20H28ClN3O2/c21-17-7-5-15(6-8-17)14-24-11-9-18(10-12-24)23-19(25)13-22-20(26)16-3-1-2-4-16/h5-8,16,18H,1-4,9-14H2,(H,22,26)(H,23,25). The van der Waals surface area contributed by atoms with Crippen LogP contribution in [0.15, 0.2) is 24.3 Å². The SMILES string of the molecule is O=C(CNC(=O)C1CCCC1)NC1CCN(Cc2ccc(Cl)cc2)CC1. The highest BCUT2D eigenvalue weighted by atomic mass is 35.5. The molecule has 0 atom stereocenters. The summed E-state index contributed by atoms with van der Waals surface area (Å²) in [4.78, 5) is 26.5. The van der Waals surface area contributed by atoms with Crippen molar-refractivity contribution >= 4 is 23.4 Å². The van der Waals surface area contributed by atoms with Gasteiger partial charge in [-0.3, -0.25) is 14.5 Å². The highest BCUT2D eigenvalue weighted by Crippen LogP contribution is 2.24. The molecule has 1 aliphatic carbocycles. The van der Waals surface area contributed by atoms with Crippen LogP contribution in [-0.2, 0) is 16.1 Å². The van der Waals surface area contributed by atoms with E-state index in [2.05, 4.69) is 27.7 Å². The molecule has 2 fully saturated rings. The molecule has 1 saturated heterocycles. The lowest BCUT2D eigenvalue weighted by atomic mass is 10.0. The first-order chi connectivity index (χ1) is 12.6. The minimum Gasteiger partial charge on any atom is -0.352 e. The summed E-state index contributed by atoms with van der Waals surface area (Å²) in [6.07, 6.45) is 6.04. The van der Waals surface area contributed by atoms with E-state index < -0.39 is 0 Å². The summed E-state index contributed by atoms with van der Waals surface area (Å²) < 4.78 is 0. The lowest BCUT2D eigenvalue weighted by Crippen LogP contribution is -2.47. The Morgan fingerprint density at radius 1 is 1.04 bits per heavy atom. The van der Waals surface area contributed by atoms with Crippen LogP contribution in [0.4, 0.5) is 0 Å². The molecule has 0 aromatic heterocycles. The number of rotatable bonds is 6. The van der Waals surface area contributed by atoms with Crippen molar-refractivity contribution in [2.24, 2.45) is 5.92 Å². The molecular weight excluding hydrogens is 350 g/mol. The number of likely N-dealkylation sites (tertiary alicyclic amines) is 1. The van der Waals surface area contributed by atoms with Gasteiger partial charge in [-0.1, -0.05) is 36.6 Å². The highest BCUT2D eigenvalue weighted by molar-refractivity contribution is 6.30. The fraction of sp³-hybridized carbons (Fsp3) is 0.600. The van der Waals surface area contributed by atoms with Crippen LogP contribution >= 0.6 is 11.6 Å². The van der Waals surface area contributed by atoms with Gasteiger partial charge in [0.25, 0.3) is 0 Å². The summed E-state index contributed by atoms with van der Waals surface area (Å²) in [7, 11) is 0. The van der Waals surface area contributed by atoms with Crippen LogP contribution in [0.5, 0.6) is 0 Å². The van der Waals surface area contributed by atoms with Crippen LogP contribution in [0.2, 0.25) is 5.02 Å². The zero-order valence-corrected chi connectivity index (χ0v) is 15.9. The van der Waals surface area contributed by atoms with Crippen molar-refractivity contribution in [3.63, 3.8) is 0 Å². The molecule has 2 N–H and O–H groups in total. The Balaban J connectivity index is 1.33. The van der Waals surface area contributed by atoms with Crippen LogP contribution < -0.4 is 10.6 Å². The second-order valence-electron chi connectivity index (χ2n) is 7.44. The summed E-state index contributed by atoms with van der Waals surface area (Å²) in [5.74, 6) is 0.0711. The molecule has 5 nitrogen and oxygen atoms in total. The van der Waals surface area contributed by atoms with E-state index in [0.29, 0.717) is 0 Å². The molecule has 0 bridgehead atoms. The van der Waals surface area contributed by atoms with Crippen LogP contribution in [-0.4, -0.2) is 42.4 Å². The van der Waals surface area contributed by atoms with Gasteiger partial charge in [0.1, 0.15) is 0 Å². The molecule has 1 saturated carbocycles. The van der Waals surface area contributed by atoms with Crippen LogP contribution in [0.1, 0.15) is 44.1 Å². The first-order valence-corrected chi connectivity index (χ1v) is 10.0. The zero-order valence-electron chi connectivity index (χ0n) is 15.2. The van der Waals surface area contributed by atoms with Gasteiger partial charge in [0.2, 0.25) is 11.8 Å². The Kier molecular flexibility index (Phi) is 6.92. The lowest BCUT2D eigenvalue weighted by molar-refractivity contribution is -0.128. The quantitative estimate of drug-likeness (QED) is 0.801. The zero-order chi connectivity index (χ0) is 18.4. The molecule has 26 heavy (non-hydrogen) atoms. The Morgan fingerprint density at radius 3 is 2.35 bits per heavy atom. The number of piperidine rings is 1. The molecule has 0 spiro atoms. The molecular formula is C20H28ClN3O2. The normalized spacial score (nSPS) is 19.4. The molecule has 2 amide bonds. The first-order valence-electron chi connectivity index (χ1n) is 9.64. The van der Waals surface area contributed by atoms with E-state index in [9.17, 15) is 9.59 Å². The lowest BCUT2D eigenvalue weighted by Gasteiger charge is -2.32. The van der Waals surface area contributed by atoms with Crippen molar-refractivity contribution in [2.45, 2.75) is 51.1 Å². The second kappa shape index (κ2) is 9.38. The van der Waals surface area contributed by atoms with Gasteiger partial charge in [-0.05, 0) is 43.4 Å². The summed E-state index contributed by atoms with van der Waals surface area (Å²) in [5.41, 5.74) is 1.26. The number of nitrogens with one attached hydrogen (secondary N) is 2. The van der Waals surface area contributed by atoms with Gasteiger partial charge in [-0.2, -0.15) is 0 Å². The molecule has 0 radical (unpaired) electrons. The number of benzene rings is 1. The third kappa shape index (κ3) is 5.71. The van der Waals surface area contributed by atoms with Gasteiger partial charge in [-0.15, -0.1) is 0 Å². The van der Waals surface area contributed by atoms with E-state index in [1.807, 2.05) is 12.1 Å². The van der Waals surface area contributed by atoms with Gasteiger partial charge < -0.3 is 10.6 Å². The van der Waals surface area contributed by atoms with Gasteiger partial charge in [0.15, 0.2) is 0 Å². The molecule has 1 aromatic rings. The van der Waals surface area contributed by atoms with E-state index in [4.69, 9.17) is 11.6 Å². The Morgan fingerprint density at radius 2 is 1.69 bits per heavy atom. The first kappa shape index (κ1) is 19.2. The number of halogens is 1. The maximum Gasteiger partial charge on any atom is 0.239 e. The Labute approximate surface area is 160 Å². The minimum absolute atomic E-state index is 0.0374. The Bertz CT molecular complexity index is 606. The van der Waals surface area contributed by atoms with Crippen molar-refractivity contribution in [3.05, 3.63) is 34.9 Å². The van der Waals surface area contributed by atoms with Gasteiger partial charge in [0.05, 0.1) is 6.54 Å².